The lowest BCUT2D eigenvalue weighted by molar-refractivity contribution is -0.153. The topological polar surface area (TPSA) is 83.6 Å². The Morgan fingerprint density at radius 2 is 2.00 bits per heavy atom. The maximum atomic E-state index is 12.2. The largest absolute Gasteiger partial charge is 0.345 e. The molecule has 1 N–H and O–H groups in total. The van der Waals surface area contributed by atoms with E-state index < -0.39 is 21.4 Å². The molecule has 2 rings (SSSR count). The van der Waals surface area contributed by atoms with Crippen molar-refractivity contribution in [1.29, 1.82) is 0 Å². The second-order valence-corrected chi connectivity index (χ2v) is 8.19. The molecule has 19 heavy (non-hydrogen) atoms. The smallest absolute Gasteiger partial charge is 0.243 e. The summed E-state index contributed by atoms with van der Waals surface area (Å²) in [6.45, 7) is 5.45. The number of amides is 2. The maximum Gasteiger partial charge on any atom is 0.243 e. The van der Waals surface area contributed by atoms with E-state index in [4.69, 9.17) is 0 Å². The fourth-order valence-corrected chi connectivity index (χ4v) is 5.17. The van der Waals surface area contributed by atoms with Crippen LogP contribution in [0.4, 0.5) is 0 Å². The van der Waals surface area contributed by atoms with Crippen molar-refractivity contribution in [3.63, 3.8) is 0 Å². The maximum absolute atomic E-state index is 12.2. The highest BCUT2D eigenvalue weighted by atomic mass is 32.2. The molecule has 6 nitrogen and oxygen atoms in total. The molecule has 2 atom stereocenters. The molecule has 0 bridgehead atoms. The average molecular weight is 288 g/mol. The van der Waals surface area contributed by atoms with E-state index in [2.05, 4.69) is 5.32 Å². The number of nitrogens with zero attached hydrogens (tertiary/aromatic N) is 1. The van der Waals surface area contributed by atoms with Crippen LogP contribution in [0.5, 0.6) is 0 Å². The van der Waals surface area contributed by atoms with Gasteiger partial charge in [0.05, 0.1) is 23.6 Å². The number of hydrogen-bond donors (Lipinski definition) is 1. The van der Waals surface area contributed by atoms with Crippen LogP contribution in [0, 0.1) is 5.92 Å². The third-order valence-electron chi connectivity index (χ3n) is 3.92. The minimum absolute atomic E-state index is 0.0440. The van der Waals surface area contributed by atoms with E-state index in [9.17, 15) is 18.0 Å². The van der Waals surface area contributed by atoms with Gasteiger partial charge in [0, 0.05) is 0 Å². The molecule has 0 aromatic carbocycles. The van der Waals surface area contributed by atoms with E-state index in [-0.39, 0.29) is 35.8 Å². The van der Waals surface area contributed by atoms with Crippen molar-refractivity contribution in [2.45, 2.75) is 38.8 Å². The Morgan fingerprint density at radius 3 is 2.47 bits per heavy atom. The van der Waals surface area contributed by atoms with E-state index in [1.807, 2.05) is 13.8 Å². The van der Waals surface area contributed by atoms with Gasteiger partial charge in [-0.25, -0.2) is 8.42 Å². The van der Waals surface area contributed by atoms with Crippen LogP contribution in [0.3, 0.4) is 0 Å². The van der Waals surface area contributed by atoms with Gasteiger partial charge in [-0.05, 0) is 19.3 Å². The van der Waals surface area contributed by atoms with Gasteiger partial charge in [-0.15, -0.1) is 0 Å². The van der Waals surface area contributed by atoms with Crippen LogP contribution in [0.25, 0.3) is 0 Å². The molecule has 0 radical (unpaired) electrons. The quantitative estimate of drug-likeness (QED) is 0.746. The van der Waals surface area contributed by atoms with Gasteiger partial charge in [0.25, 0.3) is 0 Å². The summed E-state index contributed by atoms with van der Waals surface area (Å²) in [7, 11) is -3.12. The van der Waals surface area contributed by atoms with E-state index in [0.717, 1.165) is 0 Å². The highest BCUT2D eigenvalue weighted by Crippen LogP contribution is 2.34. The zero-order chi connectivity index (χ0) is 14.4. The summed E-state index contributed by atoms with van der Waals surface area (Å²) in [6, 6.07) is -0.584. The van der Waals surface area contributed by atoms with Crippen LogP contribution in [0.1, 0.15) is 27.2 Å². The summed E-state index contributed by atoms with van der Waals surface area (Å²) in [4.78, 5) is 25.7. The van der Waals surface area contributed by atoms with Crippen LogP contribution in [-0.4, -0.2) is 54.8 Å². The van der Waals surface area contributed by atoms with Gasteiger partial charge in [0.15, 0.2) is 9.84 Å². The van der Waals surface area contributed by atoms with Crippen LogP contribution < -0.4 is 5.32 Å². The molecule has 2 saturated heterocycles. The molecule has 2 aliphatic rings. The van der Waals surface area contributed by atoms with E-state index >= 15 is 0 Å². The van der Waals surface area contributed by atoms with Crippen molar-refractivity contribution in [2.24, 2.45) is 5.92 Å². The van der Waals surface area contributed by atoms with E-state index in [1.54, 1.807) is 6.92 Å². The van der Waals surface area contributed by atoms with Crippen LogP contribution >= 0.6 is 0 Å². The molecule has 0 aromatic rings. The zero-order valence-electron chi connectivity index (χ0n) is 11.5. The fraction of sp³-hybridized carbons (Fsp3) is 0.833. The molecule has 2 fully saturated rings. The molecule has 7 heteroatoms. The van der Waals surface area contributed by atoms with Crippen molar-refractivity contribution < 1.29 is 18.0 Å². The number of sulfone groups is 1. The first-order chi connectivity index (χ1) is 8.66. The van der Waals surface area contributed by atoms with Gasteiger partial charge in [0.1, 0.15) is 6.04 Å². The van der Waals surface area contributed by atoms with Gasteiger partial charge in [-0.3, -0.25) is 9.59 Å². The van der Waals surface area contributed by atoms with Crippen molar-refractivity contribution >= 4 is 21.7 Å². The molecule has 0 aliphatic carbocycles. The SMILES string of the molecule is CC(C)C1C(=O)NCC(=O)N1C1(C)CCS(=O)(=O)C1. The van der Waals surface area contributed by atoms with Gasteiger partial charge in [-0.1, -0.05) is 13.8 Å². The Hall–Kier alpha value is -1.11. The fourth-order valence-electron chi connectivity index (χ4n) is 3.05. The minimum atomic E-state index is -3.12. The third kappa shape index (κ3) is 2.48. The first-order valence-corrected chi connectivity index (χ1v) is 8.29. The Balaban J connectivity index is 2.39. The normalized spacial score (nSPS) is 34.7. The summed E-state index contributed by atoms with van der Waals surface area (Å²) in [6.07, 6.45) is 0.400. The number of hydrogen-bond acceptors (Lipinski definition) is 4. The second-order valence-electron chi connectivity index (χ2n) is 6.01. The Bertz CT molecular complexity index is 514. The van der Waals surface area contributed by atoms with Crippen molar-refractivity contribution in [3.05, 3.63) is 0 Å². The number of carbonyl (C=O) groups is 2. The number of carbonyl (C=O) groups excluding carboxylic acids is 2. The highest BCUT2D eigenvalue weighted by molar-refractivity contribution is 7.91. The molecule has 0 spiro atoms. The second kappa shape index (κ2) is 4.47. The molecule has 2 aliphatic heterocycles. The summed E-state index contributed by atoms with van der Waals surface area (Å²) in [5.41, 5.74) is -0.761. The van der Waals surface area contributed by atoms with E-state index in [0.29, 0.717) is 6.42 Å². The van der Waals surface area contributed by atoms with Gasteiger partial charge in [-0.2, -0.15) is 0 Å². The van der Waals surface area contributed by atoms with Gasteiger partial charge < -0.3 is 10.2 Å². The number of nitrogens with one attached hydrogen (secondary N) is 1. The lowest BCUT2D eigenvalue weighted by Gasteiger charge is -2.46. The van der Waals surface area contributed by atoms with Crippen LogP contribution in [0.15, 0.2) is 0 Å². The monoisotopic (exact) mass is 288 g/mol. The Labute approximate surface area is 113 Å². The van der Waals surface area contributed by atoms with Crippen LogP contribution in [-0.2, 0) is 19.4 Å². The molecule has 108 valence electrons. The minimum Gasteiger partial charge on any atom is -0.345 e. The lowest BCUT2D eigenvalue weighted by atomic mass is 9.90. The first-order valence-electron chi connectivity index (χ1n) is 6.47. The lowest BCUT2D eigenvalue weighted by Crippen LogP contribution is -2.67. The summed E-state index contributed by atoms with van der Waals surface area (Å²) in [5.74, 6) is -0.413. The van der Waals surface area contributed by atoms with Crippen LogP contribution in [0.2, 0.25) is 0 Å². The summed E-state index contributed by atoms with van der Waals surface area (Å²) in [5, 5.41) is 2.58. The standard InChI is InChI=1S/C12H20N2O4S/c1-8(2)10-11(16)13-6-9(15)14(10)12(3)4-5-19(17,18)7-12/h8,10H,4-7H2,1-3H3,(H,13,16). The predicted molar refractivity (Wildman–Crippen MR) is 70.2 cm³/mol. The van der Waals surface area contributed by atoms with Crippen molar-refractivity contribution in [3.8, 4) is 0 Å². The Kier molecular flexibility index (Phi) is 3.36. The molecule has 2 amide bonds. The molecular formula is C12H20N2O4S. The predicted octanol–water partition coefficient (Wildman–Crippen LogP) is -0.453. The molecular weight excluding hydrogens is 268 g/mol. The molecule has 0 saturated carbocycles. The highest BCUT2D eigenvalue weighted by Gasteiger charge is 2.51. The summed E-state index contributed by atoms with van der Waals surface area (Å²) >= 11 is 0. The molecule has 0 aromatic heterocycles. The molecule has 2 heterocycles. The average Bonchev–Trinajstić information content (AvgIpc) is 2.56. The number of rotatable bonds is 2. The van der Waals surface area contributed by atoms with Gasteiger partial charge in [0.2, 0.25) is 11.8 Å². The third-order valence-corrected chi connectivity index (χ3v) is 5.81. The molecule has 2 unspecified atom stereocenters. The summed E-state index contributed by atoms with van der Waals surface area (Å²) < 4.78 is 23.4. The van der Waals surface area contributed by atoms with Gasteiger partial charge >= 0.3 is 0 Å². The van der Waals surface area contributed by atoms with E-state index in [1.165, 1.54) is 4.90 Å². The van der Waals surface area contributed by atoms with Crippen molar-refractivity contribution in [1.82, 2.24) is 10.2 Å². The number of piperazine rings is 1. The first kappa shape index (κ1) is 14.3. The van der Waals surface area contributed by atoms with Crippen molar-refractivity contribution in [2.75, 3.05) is 18.1 Å². The Morgan fingerprint density at radius 1 is 1.37 bits per heavy atom. The zero-order valence-corrected chi connectivity index (χ0v) is 12.3.